The van der Waals surface area contributed by atoms with Crippen molar-refractivity contribution < 1.29 is 4.79 Å². The number of nitrogens with one attached hydrogen (secondary N) is 1. The highest BCUT2D eigenvalue weighted by Gasteiger charge is 2.10. The summed E-state index contributed by atoms with van der Waals surface area (Å²) < 4.78 is 0. The molecule has 0 heterocycles. The fourth-order valence-electron chi connectivity index (χ4n) is 1.29. The number of carbonyl (C=O) groups is 1. The molecule has 0 aliphatic heterocycles. The maximum absolute atomic E-state index is 10.9. The van der Waals surface area contributed by atoms with Crippen molar-refractivity contribution in [2.45, 2.75) is 25.9 Å². The van der Waals surface area contributed by atoms with Gasteiger partial charge in [0.1, 0.15) is 0 Å². The first-order valence-electron chi connectivity index (χ1n) is 4.90. The minimum absolute atomic E-state index is 0.263. The Morgan fingerprint density at radius 3 is 2.53 bits per heavy atom. The largest absolute Gasteiger partial charge is 0.368 e. The maximum Gasteiger partial charge on any atom is 0.234 e. The molecule has 1 aromatic carbocycles. The number of rotatable bonds is 5. The first kappa shape index (κ1) is 12.0. The van der Waals surface area contributed by atoms with Crippen LogP contribution in [0.4, 0.5) is 0 Å². The lowest BCUT2D eigenvalue weighted by Crippen LogP contribution is -2.40. The Labute approximate surface area is 94.6 Å². The van der Waals surface area contributed by atoms with E-state index in [-0.39, 0.29) is 11.9 Å². The number of amides is 1. The van der Waals surface area contributed by atoms with Crippen molar-refractivity contribution >= 4 is 17.5 Å². The molecule has 1 aromatic rings. The van der Waals surface area contributed by atoms with Crippen LogP contribution in [0.3, 0.4) is 0 Å². The molecule has 0 bridgehead atoms. The van der Waals surface area contributed by atoms with Gasteiger partial charge in [0.05, 0.1) is 6.04 Å². The first-order chi connectivity index (χ1) is 7.13. The monoisotopic (exact) mass is 226 g/mol. The van der Waals surface area contributed by atoms with Gasteiger partial charge in [0.2, 0.25) is 5.91 Å². The Hall–Kier alpha value is -1.06. The van der Waals surface area contributed by atoms with Crippen molar-refractivity contribution in [1.82, 2.24) is 5.32 Å². The SMILES string of the molecule is CCC(NCc1ccc(Cl)cc1)C(N)=O. The van der Waals surface area contributed by atoms with Gasteiger partial charge >= 0.3 is 0 Å². The molecule has 0 aliphatic carbocycles. The normalized spacial score (nSPS) is 12.4. The Kier molecular flexibility index (Phi) is 4.59. The van der Waals surface area contributed by atoms with Gasteiger partial charge in [-0.05, 0) is 24.1 Å². The zero-order chi connectivity index (χ0) is 11.3. The number of carbonyl (C=O) groups excluding carboxylic acids is 1. The van der Waals surface area contributed by atoms with Crippen molar-refractivity contribution in [2.24, 2.45) is 5.73 Å². The molecule has 0 aromatic heterocycles. The van der Waals surface area contributed by atoms with Gasteiger partial charge < -0.3 is 11.1 Å². The molecule has 0 fully saturated rings. The van der Waals surface area contributed by atoms with E-state index in [9.17, 15) is 4.79 Å². The summed E-state index contributed by atoms with van der Waals surface area (Å²) in [6.07, 6.45) is 0.697. The van der Waals surface area contributed by atoms with Crippen LogP contribution in [0, 0.1) is 0 Å². The highest BCUT2D eigenvalue weighted by molar-refractivity contribution is 6.30. The predicted octanol–water partition coefficient (Wildman–Crippen LogP) is 1.69. The number of halogens is 1. The predicted molar refractivity (Wildman–Crippen MR) is 61.6 cm³/mol. The van der Waals surface area contributed by atoms with Gasteiger partial charge in [-0.1, -0.05) is 30.7 Å². The fourth-order valence-corrected chi connectivity index (χ4v) is 1.42. The Morgan fingerprint density at radius 2 is 2.07 bits per heavy atom. The molecule has 1 atom stereocenters. The van der Waals surface area contributed by atoms with E-state index in [0.29, 0.717) is 18.0 Å². The second-order valence-electron chi connectivity index (χ2n) is 3.37. The van der Waals surface area contributed by atoms with Gasteiger partial charge in [-0.3, -0.25) is 4.79 Å². The third-order valence-electron chi connectivity index (χ3n) is 2.22. The van der Waals surface area contributed by atoms with E-state index in [1.807, 2.05) is 31.2 Å². The fraction of sp³-hybridized carbons (Fsp3) is 0.364. The number of nitrogens with two attached hydrogens (primary N) is 1. The lowest BCUT2D eigenvalue weighted by Gasteiger charge is -2.12. The number of primary amides is 1. The molecule has 3 nitrogen and oxygen atoms in total. The van der Waals surface area contributed by atoms with Crippen LogP contribution in [0.1, 0.15) is 18.9 Å². The van der Waals surface area contributed by atoms with E-state index in [0.717, 1.165) is 5.56 Å². The highest BCUT2D eigenvalue weighted by atomic mass is 35.5. The minimum atomic E-state index is -0.313. The van der Waals surface area contributed by atoms with Crippen LogP contribution in [0.15, 0.2) is 24.3 Å². The second kappa shape index (κ2) is 5.73. The molecule has 0 aliphatic rings. The molecule has 82 valence electrons. The Bertz CT molecular complexity index is 324. The zero-order valence-electron chi connectivity index (χ0n) is 8.66. The van der Waals surface area contributed by atoms with Gasteiger partial charge in [0, 0.05) is 11.6 Å². The third-order valence-corrected chi connectivity index (χ3v) is 2.47. The lowest BCUT2D eigenvalue weighted by molar-refractivity contribution is -0.120. The van der Waals surface area contributed by atoms with Crippen LogP contribution in [0.25, 0.3) is 0 Å². The quantitative estimate of drug-likeness (QED) is 0.803. The van der Waals surface area contributed by atoms with Gasteiger partial charge in [-0.2, -0.15) is 0 Å². The second-order valence-corrected chi connectivity index (χ2v) is 3.81. The smallest absolute Gasteiger partial charge is 0.234 e. The van der Waals surface area contributed by atoms with Crippen LogP contribution in [0.5, 0.6) is 0 Å². The average Bonchev–Trinajstić information content (AvgIpc) is 2.21. The molecule has 1 unspecified atom stereocenters. The molecule has 1 rings (SSSR count). The maximum atomic E-state index is 10.9. The van der Waals surface area contributed by atoms with Gasteiger partial charge in [-0.25, -0.2) is 0 Å². The molecule has 0 saturated heterocycles. The van der Waals surface area contributed by atoms with Gasteiger partial charge in [0.15, 0.2) is 0 Å². The van der Waals surface area contributed by atoms with Crippen LogP contribution in [0.2, 0.25) is 5.02 Å². The molecule has 15 heavy (non-hydrogen) atoms. The molecule has 0 radical (unpaired) electrons. The molecule has 0 saturated carbocycles. The van der Waals surface area contributed by atoms with E-state index in [4.69, 9.17) is 17.3 Å². The number of benzene rings is 1. The van der Waals surface area contributed by atoms with Crippen molar-refractivity contribution in [3.05, 3.63) is 34.9 Å². The van der Waals surface area contributed by atoms with Crippen molar-refractivity contribution in [3.8, 4) is 0 Å². The van der Waals surface area contributed by atoms with E-state index in [2.05, 4.69) is 5.32 Å². The molecular formula is C11H15ClN2O. The standard InChI is InChI=1S/C11H15ClN2O/c1-2-10(11(13)15)14-7-8-3-5-9(12)6-4-8/h3-6,10,14H,2,7H2,1H3,(H2,13,15). The van der Waals surface area contributed by atoms with Gasteiger partial charge in [0.25, 0.3) is 0 Å². The van der Waals surface area contributed by atoms with E-state index in [1.165, 1.54) is 0 Å². The summed E-state index contributed by atoms with van der Waals surface area (Å²) in [6, 6.07) is 7.22. The van der Waals surface area contributed by atoms with Crippen LogP contribution in [-0.4, -0.2) is 11.9 Å². The minimum Gasteiger partial charge on any atom is -0.368 e. The summed E-state index contributed by atoms with van der Waals surface area (Å²) in [7, 11) is 0. The molecule has 3 N–H and O–H groups in total. The van der Waals surface area contributed by atoms with Crippen LogP contribution in [-0.2, 0) is 11.3 Å². The summed E-state index contributed by atoms with van der Waals surface area (Å²) >= 11 is 5.76. The third kappa shape index (κ3) is 3.90. The number of hydrogen-bond donors (Lipinski definition) is 2. The summed E-state index contributed by atoms with van der Waals surface area (Å²) in [6.45, 7) is 2.54. The van der Waals surface area contributed by atoms with Gasteiger partial charge in [-0.15, -0.1) is 0 Å². The van der Waals surface area contributed by atoms with E-state index >= 15 is 0 Å². The summed E-state index contributed by atoms with van der Waals surface area (Å²) in [5.41, 5.74) is 6.30. The summed E-state index contributed by atoms with van der Waals surface area (Å²) in [5.74, 6) is -0.313. The topological polar surface area (TPSA) is 55.1 Å². The Balaban J connectivity index is 2.49. The van der Waals surface area contributed by atoms with Crippen molar-refractivity contribution in [3.63, 3.8) is 0 Å². The van der Waals surface area contributed by atoms with E-state index in [1.54, 1.807) is 0 Å². The molecular weight excluding hydrogens is 212 g/mol. The average molecular weight is 227 g/mol. The molecule has 4 heteroatoms. The van der Waals surface area contributed by atoms with Crippen LogP contribution >= 0.6 is 11.6 Å². The Morgan fingerprint density at radius 1 is 1.47 bits per heavy atom. The first-order valence-corrected chi connectivity index (χ1v) is 5.28. The zero-order valence-corrected chi connectivity index (χ0v) is 9.42. The van der Waals surface area contributed by atoms with Crippen LogP contribution < -0.4 is 11.1 Å². The lowest BCUT2D eigenvalue weighted by atomic mass is 10.2. The van der Waals surface area contributed by atoms with Crippen molar-refractivity contribution in [2.75, 3.05) is 0 Å². The summed E-state index contributed by atoms with van der Waals surface area (Å²) in [5, 5.41) is 3.80. The van der Waals surface area contributed by atoms with Crippen molar-refractivity contribution in [1.29, 1.82) is 0 Å². The highest BCUT2D eigenvalue weighted by Crippen LogP contribution is 2.09. The summed E-state index contributed by atoms with van der Waals surface area (Å²) in [4.78, 5) is 10.9. The molecule has 0 spiro atoms. The molecule has 1 amide bonds. The number of hydrogen-bond acceptors (Lipinski definition) is 2. The van der Waals surface area contributed by atoms with E-state index < -0.39 is 0 Å².